The van der Waals surface area contributed by atoms with Gasteiger partial charge in [-0.3, -0.25) is 4.21 Å². The number of rotatable bonds is 6. The Morgan fingerprint density at radius 3 is 2.88 bits per heavy atom. The van der Waals surface area contributed by atoms with Crippen LogP contribution in [0.3, 0.4) is 0 Å². The molecule has 0 spiro atoms. The zero-order valence-corrected chi connectivity index (χ0v) is 11.2. The van der Waals surface area contributed by atoms with Crippen LogP contribution in [-0.2, 0) is 10.8 Å². The van der Waals surface area contributed by atoms with E-state index in [0.29, 0.717) is 22.1 Å². The minimum Gasteiger partial charge on any atom is -0.497 e. The van der Waals surface area contributed by atoms with E-state index in [9.17, 15) is 4.21 Å². The first-order valence-electron chi connectivity index (χ1n) is 5.00. The Morgan fingerprint density at radius 2 is 2.25 bits per heavy atom. The summed E-state index contributed by atoms with van der Waals surface area (Å²) in [5, 5.41) is 0. The molecule has 0 bridgehead atoms. The number of thioether (sulfide) groups is 1. The Hall–Kier alpha value is -0.680. The smallest absolute Gasteiger partial charge is 0.120 e. The second-order valence-corrected chi connectivity index (χ2v) is 5.82. The summed E-state index contributed by atoms with van der Waals surface area (Å²) in [6.45, 7) is 0. The Bertz CT molecular complexity index is 369. The van der Waals surface area contributed by atoms with Crippen LogP contribution in [0.5, 0.6) is 5.75 Å². The lowest BCUT2D eigenvalue weighted by Gasteiger charge is -2.07. The molecule has 0 saturated heterocycles. The van der Waals surface area contributed by atoms with Crippen molar-refractivity contribution in [1.82, 2.24) is 0 Å². The van der Waals surface area contributed by atoms with Crippen LogP contribution in [0, 0.1) is 0 Å². The minimum absolute atomic E-state index is 0.572. The molecule has 1 aromatic carbocycles. The SMILES string of the molecule is COc1ccc(N)c(S(=O)CCCSC)c1. The fourth-order valence-corrected chi connectivity index (χ4v) is 3.10. The zero-order valence-electron chi connectivity index (χ0n) is 9.56. The van der Waals surface area contributed by atoms with Crippen molar-refractivity contribution in [3.63, 3.8) is 0 Å². The molecule has 0 saturated carbocycles. The van der Waals surface area contributed by atoms with E-state index in [0.717, 1.165) is 12.2 Å². The predicted octanol–water partition coefficient (Wildman–Crippen LogP) is 2.14. The minimum atomic E-state index is -1.03. The molecule has 0 aromatic heterocycles. The van der Waals surface area contributed by atoms with Crippen LogP contribution < -0.4 is 10.5 Å². The maximum atomic E-state index is 12.0. The third-order valence-corrected chi connectivity index (χ3v) is 4.34. The second kappa shape index (κ2) is 6.81. The zero-order chi connectivity index (χ0) is 12.0. The van der Waals surface area contributed by atoms with Crippen molar-refractivity contribution in [2.75, 3.05) is 30.6 Å². The van der Waals surface area contributed by atoms with Gasteiger partial charge in [-0.2, -0.15) is 11.8 Å². The summed E-state index contributed by atoms with van der Waals surface area (Å²) in [4.78, 5) is 0.681. The Kier molecular flexibility index (Phi) is 5.69. The second-order valence-electron chi connectivity index (χ2n) is 3.30. The summed E-state index contributed by atoms with van der Waals surface area (Å²) in [7, 11) is 0.563. The number of nitrogen functional groups attached to an aromatic ring is 1. The quantitative estimate of drug-likeness (QED) is 0.628. The van der Waals surface area contributed by atoms with E-state index in [2.05, 4.69) is 0 Å². The van der Waals surface area contributed by atoms with Crippen LogP contribution in [0.1, 0.15) is 6.42 Å². The normalized spacial score (nSPS) is 12.4. The predicted molar refractivity (Wildman–Crippen MR) is 71.7 cm³/mol. The van der Waals surface area contributed by atoms with Gasteiger partial charge in [-0.15, -0.1) is 0 Å². The molecule has 0 amide bonds. The van der Waals surface area contributed by atoms with E-state index in [1.54, 1.807) is 37.1 Å². The van der Waals surface area contributed by atoms with Gasteiger partial charge in [-0.05, 0) is 36.6 Å². The van der Waals surface area contributed by atoms with E-state index in [4.69, 9.17) is 10.5 Å². The summed E-state index contributed by atoms with van der Waals surface area (Å²) < 4.78 is 17.1. The molecule has 0 aliphatic carbocycles. The van der Waals surface area contributed by atoms with Gasteiger partial charge in [-0.1, -0.05) is 0 Å². The molecule has 1 aromatic rings. The first-order valence-corrected chi connectivity index (χ1v) is 7.71. The van der Waals surface area contributed by atoms with Gasteiger partial charge in [-0.25, -0.2) is 0 Å². The molecule has 1 rings (SSSR count). The maximum Gasteiger partial charge on any atom is 0.120 e. The highest BCUT2D eigenvalue weighted by atomic mass is 32.2. The number of anilines is 1. The van der Waals surface area contributed by atoms with Crippen LogP contribution >= 0.6 is 11.8 Å². The van der Waals surface area contributed by atoms with Crippen LogP contribution in [0.15, 0.2) is 23.1 Å². The molecule has 1 unspecified atom stereocenters. The van der Waals surface area contributed by atoms with Crippen molar-refractivity contribution >= 4 is 28.2 Å². The highest BCUT2D eigenvalue weighted by Gasteiger charge is 2.09. The van der Waals surface area contributed by atoms with Crippen molar-refractivity contribution in [3.8, 4) is 5.75 Å². The maximum absolute atomic E-state index is 12.0. The Labute approximate surface area is 103 Å². The molecule has 5 heteroatoms. The van der Waals surface area contributed by atoms with E-state index in [1.165, 1.54) is 0 Å². The van der Waals surface area contributed by atoms with Gasteiger partial charge in [0.25, 0.3) is 0 Å². The Balaban J connectivity index is 2.73. The Morgan fingerprint density at radius 1 is 1.50 bits per heavy atom. The molecule has 0 aliphatic heterocycles. The van der Waals surface area contributed by atoms with Crippen LogP contribution in [0.4, 0.5) is 5.69 Å². The first-order chi connectivity index (χ1) is 7.69. The molecule has 0 aliphatic rings. The third kappa shape index (κ3) is 3.72. The van der Waals surface area contributed by atoms with Gasteiger partial charge in [0.2, 0.25) is 0 Å². The molecule has 0 fully saturated rings. The molecule has 3 nitrogen and oxygen atoms in total. The highest BCUT2D eigenvalue weighted by Crippen LogP contribution is 2.23. The molecular weight excluding hydrogens is 242 g/mol. The standard InChI is InChI=1S/C11H17NO2S2/c1-14-9-4-5-10(12)11(8-9)16(13)7-3-6-15-2/h4-5,8H,3,6-7,12H2,1-2H3. The van der Waals surface area contributed by atoms with Crippen LogP contribution in [-0.4, -0.2) is 29.1 Å². The van der Waals surface area contributed by atoms with Crippen molar-refractivity contribution < 1.29 is 8.95 Å². The highest BCUT2D eigenvalue weighted by molar-refractivity contribution is 7.98. The lowest BCUT2D eigenvalue weighted by atomic mass is 10.3. The number of hydrogen-bond acceptors (Lipinski definition) is 4. The fraction of sp³-hybridized carbons (Fsp3) is 0.455. The summed E-state index contributed by atoms with van der Waals surface area (Å²) in [5.41, 5.74) is 6.37. The van der Waals surface area contributed by atoms with E-state index in [1.807, 2.05) is 6.26 Å². The monoisotopic (exact) mass is 259 g/mol. The molecule has 0 radical (unpaired) electrons. The van der Waals surface area contributed by atoms with E-state index < -0.39 is 10.8 Å². The number of benzene rings is 1. The summed E-state index contributed by atoms with van der Waals surface area (Å²) >= 11 is 1.76. The lowest BCUT2D eigenvalue weighted by Crippen LogP contribution is -2.03. The van der Waals surface area contributed by atoms with Crippen molar-refractivity contribution in [2.24, 2.45) is 0 Å². The molecule has 16 heavy (non-hydrogen) atoms. The molecule has 2 N–H and O–H groups in total. The third-order valence-electron chi connectivity index (χ3n) is 2.14. The number of methoxy groups -OCH3 is 1. The van der Waals surface area contributed by atoms with Gasteiger partial charge in [0.05, 0.1) is 22.8 Å². The number of ether oxygens (including phenoxy) is 1. The van der Waals surface area contributed by atoms with E-state index in [-0.39, 0.29) is 0 Å². The van der Waals surface area contributed by atoms with Crippen molar-refractivity contribution in [2.45, 2.75) is 11.3 Å². The molecule has 90 valence electrons. The van der Waals surface area contributed by atoms with Gasteiger partial charge in [0.1, 0.15) is 5.75 Å². The van der Waals surface area contributed by atoms with Crippen molar-refractivity contribution in [1.29, 1.82) is 0 Å². The lowest BCUT2D eigenvalue weighted by molar-refractivity contribution is 0.413. The molecular formula is C11H17NO2S2. The van der Waals surface area contributed by atoms with Gasteiger partial charge >= 0.3 is 0 Å². The topological polar surface area (TPSA) is 52.3 Å². The van der Waals surface area contributed by atoms with Crippen LogP contribution in [0.25, 0.3) is 0 Å². The number of nitrogens with two attached hydrogens (primary N) is 1. The average Bonchev–Trinajstić information content (AvgIpc) is 2.30. The summed E-state index contributed by atoms with van der Waals surface area (Å²) in [6, 6.07) is 5.27. The number of hydrogen-bond donors (Lipinski definition) is 1. The largest absolute Gasteiger partial charge is 0.497 e. The fourth-order valence-electron chi connectivity index (χ4n) is 1.28. The van der Waals surface area contributed by atoms with E-state index >= 15 is 0 Å². The van der Waals surface area contributed by atoms with Crippen LogP contribution in [0.2, 0.25) is 0 Å². The van der Waals surface area contributed by atoms with Gasteiger partial charge in [0, 0.05) is 11.4 Å². The summed E-state index contributed by atoms with van der Waals surface area (Å²) in [6.07, 6.45) is 2.98. The van der Waals surface area contributed by atoms with Gasteiger partial charge < -0.3 is 10.5 Å². The first kappa shape index (κ1) is 13.4. The summed E-state index contributed by atoms with van der Waals surface area (Å²) in [5.74, 6) is 2.37. The van der Waals surface area contributed by atoms with Gasteiger partial charge in [0.15, 0.2) is 0 Å². The molecule has 1 atom stereocenters. The van der Waals surface area contributed by atoms with Crippen molar-refractivity contribution in [3.05, 3.63) is 18.2 Å². The molecule has 0 heterocycles. The average molecular weight is 259 g/mol.